The normalized spacial score (nSPS) is 23.6. The lowest BCUT2D eigenvalue weighted by Gasteiger charge is -2.22. The van der Waals surface area contributed by atoms with E-state index in [9.17, 15) is 9.59 Å². The van der Waals surface area contributed by atoms with Gasteiger partial charge in [0.2, 0.25) is 5.91 Å². The van der Waals surface area contributed by atoms with E-state index in [1.54, 1.807) is 0 Å². The fraction of sp³-hybridized carbons (Fsp3) is 0.538. The highest BCUT2D eigenvalue weighted by Crippen LogP contribution is 2.21. The zero-order chi connectivity index (χ0) is 12.3. The van der Waals surface area contributed by atoms with Crippen molar-refractivity contribution in [3.63, 3.8) is 0 Å². The van der Waals surface area contributed by atoms with Crippen molar-refractivity contribution in [1.82, 2.24) is 4.90 Å². The van der Waals surface area contributed by atoms with E-state index in [4.69, 9.17) is 5.11 Å². The molecule has 0 aromatic rings. The van der Waals surface area contributed by atoms with Crippen LogP contribution in [0, 0.1) is 0 Å². The molecule has 2 rings (SSSR count). The number of carbonyl (C=O) groups is 2. The van der Waals surface area contributed by atoms with E-state index >= 15 is 0 Å². The van der Waals surface area contributed by atoms with Gasteiger partial charge in [-0.1, -0.05) is 18.2 Å². The Morgan fingerprint density at radius 1 is 1.41 bits per heavy atom. The van der Waals surface area contributed by atoms with E-state index in [1.807, 2.05) is 6.08 Å². The summed E-state index contributed by atoms with van der Waals surface area (Å²) in [5, 5.41) is 9.02. The van der Waals surface area contributed by atoms with Gasteiger partial charge in [0, 0.05) is 6.54 Å². The van der Waals surface area contributed by atoms with Crippen LogP contribution in [0.3, 0.4) is 0 Å². The van der Waals surface area contributed by atoms with Crippen molar-refractivity contribution >= 4 is 11.9 Å². The zero-order valence-corrected chi connectivity index (χ0v) is 9.76. The number of nitrogens with zero attached hydrogens (tertiary/aromatic N) is 1. The van der Waals surface area contributed by atoms with Gasteiger partial charge in [-0.3, -0.25) is 4.79 Å². The van der Waals surface area contributed by atoms with Gasteiger partial charge >= 0.3 is 5.97 Å². The van der Waals surface area contributed by atoms with Crippen LogP contribution in [-0.4, -0.2) is 34.5 Å². The monoisotopic (exact) mass is 235 g/mol. The average molecular weight is 235 g/mol. The molecular weight excluding hydrogens is 218 g/mol. The maximum Gasteiger partial charge on any atom is 0.326 e. The summed E-state index contributed by atoms with van der Waals surface area (Å²) in [5.41, 5.74) is 1.01. The highest BCUT2D eigenvalue weighted by atomic mass is 16.4. The molecule has 0 aromatic heterocycles. The fourth-order valence-electron chi connectivity index (χ4n) is 2.40. The third-order valence-corrected chi connectivity index (χ3v) is 3.29. The summed E-state index contributed by atoms with van der Waals surface area (Å²) in [6.45, 7) is 0.576. The van der Waals surface area contributed by atoms with Crippen molar-refractivity contribution in [1.29, 1.82) is 0 Å². The van der Waals surface area contributed by atoms with Gasteiger partial charge in [-0.2, -0.15) is 0 Å². The summed E-state index contributed by atoms with van der Waals surface area (Å²) in [6.07, 6.45) is 9.78. The zero-order valence-electron chi connectivity index (χ0n) is 9.76. The van der Waals surface area contributed by atoms with Gasteiger partial charge in [0.15, 0.2) is 0 Å². The molecule has 0 bridgehead atoms. The van der Waals surface area contributed by atoms with E-state index in [0.29, 0.717) is 19.4 Å². The molecule has 1 heterocycles. The van der Waals surface area contributed by atoms with Crippen molar-refractivity contribution in [3.05, 3.63) is 23.8 Å². The number of carboxylic acids is 1. The molecule has 4 heteroatoms. The first kappa shape index (κ1) is 11.9. The molecule has 1 atom stereocenters. The minimum absolute atomic E-state index is 0.0623. The van der Waals surface area contributed by atoms with E-state index in [1.165, 1.54) is 4.90 Å². The number of carbonyl (C=O) groups excluding carboxylic acids is 1. The average Bonchev–Trinajstić information content (AvgIpc) is 2.79. The van der Waals surface area contributed by atoms with Gasteiger partial charge in [0.25, 0.3) is 0 Å². The van der Waals surface area contributed by atoms with Crippen LogP contribution in [0.1, 0.15) is 32.1 Å². The minimum Gasteiger partial charge on any atom is -0.480 e. The molecule has 0 spiro atoms. The fourth-order valence-corrected chi connectivity index (χ4v) is 2.40. The topological polar surface area (TPSA) is 57.6 Å². The summed E-state index contributed by atoms with van der Waals surface area (Å²) in [6, 6.07) is -0.615. The minimum atomic E-state index is -0.885. The van der Waals surface area contributed by atoms with Crippen LogP contribution in [0.4, 0.5) is 0 Å². The lowest BCUT2D eigenvalue weighted by atomic mass is 10.0. The van der Waals surface area contributed by atoms with Crippen LogP contribution in [0.5, 0.6) is 0 Å². The Morgan fingerprint density at radius 2 is 2.24 bits per heavy atom. The Kier molecular flexibility index (Phi) is 3.61. The first-order valence-electron chi connectivity index (χ1n) is 6.06. The molecule has 1 unspecified atom stereocenters. The maximum absolute atomic E-state index is 12.0. The van der Waals surface area contributed by atoms with Gasteiger partial charge in [-0.15, -0.1) is 0 Å². The Morgan fingerprint density at radius 3 is 2.88 bits per heavy atom. The van der Waals surface area contributed by atoms with Gasteiger partial charge in [0.1, 0.15) is 6.04 Å². The van der Waals surface area contributed by atoms with Crippen LogP contribution < -0.4 is 0 Å². The Bertz CT molecular complexity index is 384. The molecule has 2 aliphatic rings. The maximum atomic E-state index is 12.0. The van der Waals surface area contributed by atoms with Crippen LogP contribution >= 0.6 is 0 Å². The molecule has 92 valence electrons. The second kappa shape index (κ2) is 5.17. The highest BCUT2D eigenvalue weighted by Gasteiger charge is 2.33. The Hall–Kier alpha value is -1.58. The van der Waals surface area contributed by atoms with E-state index in [0.717, 1.165) is 24.8 Å². The summed E-state index contributed by atoms with van der Waals surface area (Å²) >= 11 is 0. The van der Waals surface area contributed by atoms with E-state index in [2.05, 4.69) is 12.2 Å². The number of rotatable bonds is 3. The number of hydrogen-bond donors (Lipinski definition) is 1. The van der Waals surface area contributed by atoms with Gasteiger partial charge < -0.3 is 10.0 Å². The first-order valence-corrected chi connectivity index (χ1v) is 6.06. The van der Waals surface area contributed by atoms with Crippen LogP contribution in [0.25, 0.3) is 0 Å². The lowest BCUT2D eigenvalue weighted by Crippen LogP contribution is -2.40. The predicted octanol–water partition coefficient (Wildman–Crippen LogP) is 1.73. The predicted molar refractivity (Wildman–Crippen MR) is 63.4 cm³/mol. The number of carboxylic acid groups (broad SMARTS) is 1. The molecule has 1 amide bonds. The number of hydrogen-bond acceptors (Lipinski definition) is 2. The molecule has 0 aromatic carbocycles. The summed E-state index contributed by atoms with van der Waals surface area (Å²) in [7, 11) is 0. The number of likely N-dealkylation sites (tertiary alicyclic amines) is 1. The largest absolute Gasteiger partial charge is 0.480 e. The molecule has 1 saturated heterocycles. The van der Waals surface area contributed by atoms with Gasteiger partial charge in [-0.25, -0.2) is 4.79 Å². The molecule has 1 aliphatic heterocycles. The van der Waals surface area contributed by atoms with Crippen LogP contribution in [0.2, 0.25) is 0 Å². The second-order valence-electron chi connectivity index (χ2n) is 4.52. The molecule has 0 saturated carbocycles. The Labute approximate surface area is 101 Å². The number of allylic oxidation sites excluding steroid dienone is 3. The van der Waals surface area contributed by atoms with Crippen LogP contribution in [-0.2, 0) is 9.59 Å². The molecule has 1 aliphatic carbocycles. The van der Waals surface area contributed by atoms with E-state index < -0.39 is 12.0 Å². The standard InChI is InChI=1S/C13H17NO3/c15-12(9-10-5-2-1-3-6-10)14-8-4-7-11(14)13(16)17/h2,5-6,11H,1,3-4,7-9H2,(H,16,17). The van der Waals surface area contributed by atoms with Gasteiger partial charge in [-0.05, 0) is 31.3 Å². The van der Waals surface area contributed by atoms with Crippen molar-refractivity contribution in [2.24, 2.45) is 0 Å². The van der Waals surface area contributed by atoms with Crippen molar-refractivity contribution < 1.29 is 14.7 Å². The first-order chi connectivity index (χ1) is 8.18. The molecule has 4 nitrogen and oxygen atoms in total. The quantitative estimate of drug-likeness (QED) is 0.810. The number of amides is 1. The number of aliphatic carboxylic acids is 1. The van der Waals surface area contributed by atoms with E-state index in [-0.39, 0.29) is 5.91 Å². The Balaban J connectivity index is 1.97. The lowest BCUT2D eigenvalue weighted by molar-refractivity contribution is -0.147. The van der Waals surface area contributed by atoms with Crippen molar-refractivity contribution in [2.45, 2.75) is 38.1 Å². The smallest absolute Gasteiger partial charge is 0.326 e. The molecule has 1 N–H and O–H groups in total. The van der Waals surface area contributed by atoms with Crippen molar-refractivity contribution in [2.75, 3.05) is 6.54 Å². The third kappa shape index (κ3) is 2.75. The molecule has 1 fully saturated rings. The van der Waals surface area contributed by atoms with Crippen LogP contribution in [0.15, 0.2) is 23.8 Å². The van der Waals surface area contributed by atoms with Crippen molar-refractivity contribution in [3.8, 4) is 0 Å². The second-order valence-corrected chi connectivity index (χ2v) is 4.52. The highest BCUT2D eigenvalue weighted by molar-refractivity contribution is 5.85. The van der Waals surface area contributed by atoms with Gasteiger partial charge in [0.05, 0.1) is 6.42 Å². The molecule has 17 heavy (non-hydrogen) atoms. The summed E-state index contributed by atoms with van der Waals surface area (Å²) in [5.74, 6) is -0.947. The third-order valence-electron chi connectivity index (χ3n) is 3.29. The SMILES string of the molecule is O=C(O)C1CCCN1C(=O)CC1=CCCC=C1. The molecule has 0 radical (unpaired) electrons. The summed E-state index contributed by atoms with van der Waals surface area (Å²) in [4.78, 5) is 24.5. The summed E-state index contributed by atoms with van der Waals surface area (Å²) < 4.78 is 0. The molecular formula is C13H17NO3.